The minimum absolute atomic E-state index is 0.0101. The predicted octanol–water partition coefficient (Wildman–Crippen LogP) is 6.08. The molecule has 0 fully saturated rings. The first-order chi connectivity index (χ1) is 11.6. The maximum Gasteiger partial charge on any atom is 0.189 e. The highest BCUT2D eigenvalue weighted by Gasteiger charge is 2.15. The summed E-state index contributed by atoms with van der Waals surface area (Å²) in [5.74, 6) is -0.193. The van der Waals surface area contributed by atoms with Crippen LogP contribution in [0.4, 0.5) is 0 Å². The minimum Gasteiger partial charge on any atom is -0.507 e. The maximum atomic E-state index is 12.4. The fourth-order valence-electron chi connectivity index (χ4n) is 2.33. The molecule has 0 aliphatic rings. The lowest BCUT2D eigenvalue weighted by atomic mass is 9.86. The minimum atomic E-state index is -0.305. The zero-order valence-electron chi connectivity index (χ0n) is 14.6. The molecule has 0 heterocycles. The van der Waals surface area contributed by atoms with Crippen LogP contribution < -0.4 is 4.74 Å². The van der Waals surface area contributed by atoms with Gasteiger partial charge in [0.1, 0.15) is 5.76 Å². The molecule has 5 heteroatoms. The fourth-order valence-corrected chi connectivity index (χ4v) is 2.97. The Morgan fingerprint density at radius 3 is 2.00 bits per heavy atom. The van der Waals surface area contributed by atoms with Crippen molar-refractivity contribution in [2.75, 3.05) is 7.11 Å². The molecular formula is C20H20Cl2O3. The number of benzene rings is 2. The summed E-state index contributed by atoms with van der Waals surface area (Å²) in [6, 6.07) is 10.3. The monoisotopic (exact) mass is 378 g/mol. The molecular weight excluding hydrogens is 359 g/mol. The van der Waals surface area contributed by atoms with Crippen LogP contribution in [-0.4, -0.2) is 18.0 Å². The summed E-state index contributed by atoms with van der Waals surface area (Å²) in [6.45, 7) is 6.31. The number of ketones is 1. The van der Waals surface area contributed by atoms with Crippen LogP contribution in [0.2, 0.25) is 10.0 Å². The number of aliphatic hydroxyl groups excluding tert-OH is 1. The van der Waals surface area contributed by atoms with E-state index < -0.39 is 0 Å². The SMILES string of the molecule is COc1c(Cl)cc(C(O)=CC(=O)c2ccc(C(C)(C)C)cc2)cc1Cl. The van der Waals surface area contributed by atoms with Crippen molar-refractivity contribution in [2.45, 2.75) is 26.2 Å². The van der Waals surface area contributed by atoms with E-state index >= 15 is 0 Å². The number of methoxy groups -OCH3 is 1. The lowest BCUT2D eigenvalue weighted by Gasteiger charge is -2.18. The molecule has 1 N–H and O–H groups in total. The lowest BCUT2D eigenvalue weighted by molar-refractivity contribution is 0.104. The van der Waals surface area contributed by atoms with Gasteiger partial charge < -0.3 is 9.84 Å². The van der Waals surface area contributed by atoms with E-state index in [0.717, 1.165) is 11.6 Å². The molecule has 0 amide bonds. The molecule has 25 heavy (non-hydrogen) atoms. The van der Waals surface area contributed by atoms with Gasteiger partial charge in [-0.3, -0.25) is 4.79 Å². The average molecular weight is 379 g/mol. The molecule has 0 atom stereocenters. The first-order valence-corrected chi connectivity index (χ1v) is 8.48. The van der Waals surface area contributed by atoms with Gasteiger partial charge in [-0.05, 0) is 23.1 Å². The summed E-state index contributed by atoms with van der Waals surface area (Å²) in [4.78, 5) is 12.4. The van der Waals surface area contributed by atoms with Gasteiger partial charge in [-0.15, -0.1) is 0 Å². The molecule has 2 aromatic rings. The van der Waals surface area contributed by atoms with Crippen LogP contribution in [0.15, 0.2) is 42.5 Å². The summed E-state index contributed by atoms with van der Waals surface area (Å²) in [5, 5.41) is 10.7. The van der Waals surface area contributed by atoms with Crippen LogP contribution in [-0.2, 0) is 5.41 Å². The topological polar surface area (TPSA) is 46.5 Å². The van der Waals surface area contributed by atoms with Crippen molar-refractivity contribution in [1.82, 2.24) is 0 Å². The van der Waals surface area contributed by atoms with Crippen molar-refractivity contribution in [2.24, 2.45) is 0 Å². The van der Waals surface area contributed by atoms with Gasteiger partial charge in [-0.2, -0.15) is 0 Å². The van der Waals surface area contributed by atoms with Crippen LogP contribution in [0.5, 0.6) is 5.75 Å². The molecule has 0 saturated heterocycles. The summed E-state index contributed by atoms with van der Waals surface area (Å²) in [7, 11) is 1.45. The predicted molar refractivity (Wildman–Crippen MR) is 103 cm³/mol. The normalized spacial score (nSPS) is 12.2. The van der Waals surface area contributed by atoms with Crippen LogP contribution in [0.25, 0.3) is 5.76 Å². The van der Waals surface area contributed by atoms with Crippen molar-refractivity contribution in [3.05, 3.63) is 69.2 Å². The van der Waals surface area contributed by atoms with Crippen LogP contribution in [0.3, 0.4) is 0 Å². The summed E-state index contributed by atoms with van der Waals surface area (Å²) < 4.78 is 5.07. The molecule has 2 aromatic carbocycles. The van der Waals surface area contributed by atoms with Crippen LogP contribution in [0, 0.1) is 0 Å². The van der Waals surface area contributed by atoms with E-state index in [1.165, 1.54) is 19.2 Å². The highest BCUT2D eigenvalue weighted by Crippen LogP contribution is 2.35. The van der Waals surface area contributed by atoms with Crippen LogP contribution >= 0.6 is 23.2 Å². The van der Waals surface area contributed by atoms with Crippen molar-refractivity contribution < 1.29 is 14.6 Å². The summed E-state index contributed by atoms with van der Waals surface area (Å²) in [6.07, 6.45) is 1.15. The van der Waals surface area contributed by atoms with E-state index in [9.17, 15) is 9.90 Å². The third-order valence-corrected chi connectivity index (χ3v) is 4.36. The molecule has 0 aromatic heterocycles. The lowest BCUT2D eigenvalue weighted by Crippen LogP contribution is -2.11. The molecule has 132 valence electrons. The highest BCUT2D eigenvalue weighted by molar-refractivity contribution is 6.37. The van der Waals surface area contributed by atoms with Crippen molar-refractivity contribution in [3.63, 3.8) is 0 Å². The highest BCUT2D eigenvalue weighted by atomic mass is 35.5. The number of ether oxygens (including phenoxy) is 1. The van der Waals surface area contributed by atoms with Gasteiger partial charge in [0, 0.05) is 17.2 Å². The number of aliphatic hydroxyl groups is 1. The number of allylic oxidation sites excluding steroid dienone is 1. The van der Waals surface area contributed by atoms with Crippen molar-refractivity contribution >= 4 is 34.7 Å². The third kappa shape index (κ3) is 4.56. The molecule has 3 nitrogen and oxygen atoms in total. The van der Waals surface area contributed by atoms with Gasteiger partial charge in [0.2, 0.25) is 0 Å². The number of halogens is 2. The molecule has 0 aliphatic carbocycles. The Bertz CT molecular complexity index is 793. The van der Waals surface area contributed by atoms with Crippen LogP contribution in [0.1, 0.15) is 42.3 Å². The maximum absolute atomic E-state index is 12.4. The number of hydrogen-bond acceptors (Lipinski definition) is 3. The third-order valence-electron chi connectivity index (χ3n) is 3.80. The number of hydrogen-bond donors (Lipinski definition) is 1. The summed E-state index contributed by atoms with van der Waals surface area (Å²) in [5.41, 5.74) is 1.97. The number of carbonyl (C=O) groups is 1. The second-order valence-electron chi connectivity index (χ2n) is 6.69. The van der Waals surface area contributed by atoms with E-state index in [4.69, 9.17) is 27.9 Å². The average Bonchev–Trinajstić information content (AvgIpc) is 2.53. The van der Waals surface area contributed by atoms with Gasteiger partial charge >= 0.3 is 0 Å². The molecule has 0 radical (unpaired) electrons. The fraction of sp³-hybridized carbons (Fsp3) is 0.250. The second-order valence-corrected chi connectivity index (χ2v) is 7.51. The Balaban J connectivity index is 2.29. The van der Waals surface area contributed by atoms with Gasteiger partial charge in [-0.25, -0.2) is 0 Å². The van der Waals surface area contributed by atoms with Gasteiger partial charge in [0.25, 0.3) is 0 Å². The first-order valence-electron chi connectivity index (χ1n) is 7.72. The van der Waals surface area contributed by atoms with E-state index in [0.29, 0.717) is 16.9 Å². The number of rotatable bonds is 4. The Kier molecular flexibility index (Phi) is 5.81. The molecule has 0 aliphatic heterocycles. The molecule has 0 unspecified atom stereocenters. The zero-order chi connectivity index (χ0) is 18.8. The van der Waals surface area contributed by atoms with E-state index in [-0.39, 0.29) is 27.0 Å². The summed E-state index contributed by atoms with van der Waals surface area (Å²) >= 11 is 12.1. The molecule has 0 saturated carbocycles. The largest absolute Gasteiger partial charge is 0.507 e. The molecule has 0 spiro atoms. The van der Waals surface area contributed by atoms with E-state index in [2.05, 4.69) is 20.8 Å². The second kappa shape index (κ2) is 7.51. The van der Waals surface area contributed by atoms with Crippen molar-refractivity contribution in [1.29, 1.82) is 0 Å². The molecule has 0 bridgehead atoms. The van der Waals surface area contributed by atoms with Gasteiger partial charge in [0.15, 0.2) is 11.5 Å². The Morgan fingerprint density at radius 1 is 1.04 bits per heavy atom. The van der Waals surface area contributed by atoms with Crippen molar-refractivity contribution in [3.8, 4) is 5.75 Å². The standard InChI is InChI=1S/C20H20Cl2O3/c1-20(2,3)14-7-5-12(6-8-14)17(23)11-18(24)13-9-15(21)19(25-4)16(22)10-13/h5-11,24H,1-4H3. The first kappa shape index (κ1) is 19.4. The quantitative estimate of drug-likeness (QED) is 0.398. The van der Waals surface area contributed by atoms with Gasteiger partial charge in [-0.1, -0.05) is 68.2 Å². The Hall–Kier alpha value is -1.97. The zero-order valence-corrected chi connectivity index (χ0v) is 16.1. The smallest absolute Gasteiger partial charge is 0.189 e. The molecule has 2 rings (SSSR count). The van der Waals surface area contributed by atoms with Gasteiger partial charge in [0.05, 0.1) is 17.2 Å². The van der Waals surface area contributed by atoms with E-state index in [1.54, 1.807) is 12.1 Å². The number of carbonyl (C=O) groups excluding carboxylic acids is 1. The van der Waals surface area contributed by atoms with E-state index in [1.807, 2.05) is 12.1 Å². The Morgan fingerprint density at radius 2 is 1.56 bits per heavy atom. The Labute approximate surface area is 157 Å².